The van der Waals surface area contributed by atoms with E-state index in [1.165, 1.54) is 0 Å². The molecule has 1 heterocycles. The van der Waals surface area contributed by atoms with Crippen molar-refractivity contribution in [1.29, 1.82) is 0 Å². The summed E-state index contributed by atoms with van der Waals surface area (Å²) in [6, 6.07) is 2.64. The third-order valence-corrected chi connectivity index (χ3v) is 3.01. The lowest BCUT2D eigenvalue weighted by molar-refractivity contribution is -0.137. The molecule has 0 aliphatic heterocycles. The van der Waals surface area contributed by atoms with Gasteiger partial charge in [0.15, 0.2) is 5.56 Å². The molecule has 0 radical (unpaired) electrons. The number of pyridine rings is 1. The number of alkyl halides is 3. The number of benzene rings is 1. The summed E-state index contributed by atoms with van der Waals surface area (Å²) in [5.41, 5.74) is -1.35. The Morgan fingerprint density at radius 2 is 1.96 bits per heavy atom. The first-order valence-corrected chi connectivity index (χ1v) is 6.83. The normalized spacial score (nSPS) is 11.5. The number of ether oxygens (including phenoxy) is 2. The highest BCUT2D eigenvalue weighted by Crippen LogP contribution is 2.37. The van der Waals surface area contributed by atoms with Crippen molar-refractivity contribution in [2.45, 2.75) is 20.0 Å². The van der Waals surface area contributed by atoms with Gasteiger partial charge in [-0.3, -0.25) is 0 Å². The number of fused-ring (bicyclic) bond motifs is 1. The maximum atomic E-state index is 12.8. The van der Waals surface area contributed by atoms with Crippen molar-refractivity contribution in [3.8, 4) is 11.6 Å². The number of aromatic nitrogens is 1. The second-order valence-corrected chi connectivity index (χ2v) is 4.52. The van der Waals surface area contributed by atoms with Gasteiger partial charge in [-0.05, 0) is 32.0 Å². The molecule has 8 heteroatoms. The van der Waals surface area contributed by atoms with Crippen LogP contribution in [-0.2, 0) is 10.9 Å². The van der Waals surface area contributed by atoms with E-state index in [1.807, 2.05) is 0 Å². The lowest BCUT2D eigenvalue weighted by Gasteiger charge is -2.13. The maximum Gasteiger partial charge on any atom is 0.416 e. The Morgan fingerprint density at radius 1 is 1.26 bits per heavy atom. The number of rotatable bonds is 4. The van der Waals surface area contributed by atoms with Crippen molar-refractivity contribution < 1.29 is 32.5 Å². The molecule has 0 bridgehead atoms. The van der Waals surface area contributed by atoms with E-state index >= 15 is 0 Å². The minimum Gasteiger partial charge on any atom is -0.506 e. The molecule has 0 spiro atoms. The summed E-state index contributed by atoms with van der Waals surface area (Å²) in [6.45, 7) is 3.38. The van der Waals surface area contributed by atoms with Crippen molar-refractivity contribution in [2.75, 3.05) is 13.2 Å². The number of hydrogen-bond acceptors (Lipinski definition) is 5. The molecule has 0 saturated heterocycles. The number of carbonyl (C=O) groups is 1. The number of carbonyl (C=O) groups excluding carboxylic acids is 1. The Bertz CT molecular complexity index is 744. The first-order valence-electron chi connectivity index (χ1n) is 6.83. The number of hydrogen-bond donors (Lipinski definition) is 1. The number of aromatic hydroxyl groups is 1. The van der Waals surface area contributed by atoms with E-state index in [1.54, 1.807) is 13.8 Å². The van der Waals surface area contributed by atoms with Crippen molar-refractivity contribution >= 4 is 16.9 Å². The van der Waals surface area contributed by atoms with Gasteiger partial charge in [0.05, 0.1) is 24.3 Å². The standard InChI is InChI=1S/C15H14F3NO4/c1-3-22-13-11(14(21)23-4-2)12(20)9-6-5-8(15(16,17)18)7-10(9)19-13/h5-7H,3-4H2,1-2H3,(H,19,20). The maximum absolute atomic E-state index is 12.8. The molecule has 1 aromatic carbocycles. The van der Waals surface area contributed by atoms with Gasteiger partial charge in [-0.2, -0.15) is 13.2 Å². The average molecular weight is 329 g/mol. The lowest BCUT2D eigenvalue weighted by Crippen LogP contribution is -2.10. The fourth-order valence-corrected chi connectivity index (χ4v) is 2.03. The van der Waals surface area contributed by atoms with E-state index in [0.717, 1.165) is 18.2 Å². The Labute approximate surface area is 129 Å². The average Bonchev–Trinajstić information content (AvgIpc) is 2.46. The van der Waals surface area contributed by atoms with Crippen LogP contribution in [0.25, 0.3) is 10.9 Å². The van der Waals surface area contributed by atoms with Crippen LogP contribution >= 0.6 is 0 Å². The van der Waals surface area contributed by atoms with Gasteiger partial charge in [-0.1, -0.05) is 0 Å². The summed E-state index contributed by atoms with van der Waals surface area (Å²) in [4.78, 5) is 15.9. The van der Waals surface area contributed by atoms with E-state index in [2.05, 4.69) is 4.98 Å². The van der Waals surface area contributed by atoms with Crippen LogP contribution in [0.5, 0.6) is 11.6 Å². The van der Waals surface area contributed by atoms with Crippen molar-refractivity contribution in [1.82, 2.24) is 4.98 Å². The second-order valence-electron chi connectivity index (χ2n) is 4.52. The molecule has 0 fully saturated rings. The molecule has 23 heavy (non-hydrogen) atoms. The third-order valence-electron chi connectivity index (χ3n) is 3.01. The highest BCUT2D eigenvalue weighted by molar-refractivity contribution is 6.02. The zero-order chi connectivity index (χ0) is 17.2. The van der Waals surface area contributed by atoms with Gasteiger partial charge in [0.1, 0.15) is 5.75 Å². The SMILES string of the molecule is CCOC(=O)c1c(OCC)nc2cc(C(F)(F)F)ccc2c1O. The van der Waals surface area contributed by atoms with Crippen LogP contribution in [0.4, 0.5) is 13.2 Å². The van der Waals surface area contributed by atoms with Gasteiger partial charge in [0.25, 0.3) is 0 Å². The molecule has 0 unspecified atom stereocenters. The quantitative estimate of drug-likeness (QED) is 0.869. The molecule has 1 N–H and O–H groups in total. The summed E-state index contributed by atoms with van der Waals surface area (Å²) in [5, 5.41) is 10.2. The van der Waals surface area contributed by atoms with Crippen LogP contribution in [-0.4, -0.2) is 29.3 Å². The highest BCUT2D eigenvalue weighted by Gasteiger charge is 2.31. The summed E-state index contributed by atoms with van der Waals surface area (Å²) in [6.07, 6.45) is -4.54. The predicted molar refractivity (Wildman–Crippen MR) is 75.5 cm³/mol. The largest absolute Gasteiger partial charge is 0.506 e. The summed E-state index contributed by atoms with van der Waals surface area (Å²) in [7, 11) is 0. The van der Waals surface area contributed by atoms with E-state index < -0.39 is 23.5 Å². The lowest BCUT2D eigenvalue weighted by atomic mass is 10.1. The third kappa shape index (κ3) is 3.30. The summed E-state index contributed by atoms with van der Waals surface area (Å²) < 4.78 is 48.3. The van der Waals surface area contributed by atoms with E-state index in [-0.39, 0.29) is 35.6 Å². The van der Waals surface area contributed by atoms with Gasteiger partial charge >= 0.3 is 12.1 Å². The Balaban J connectivity index is 2.70. The number of esters is 1. The smallest absolute Gasteiger partial charge is 0.416 e. The first-order chi connectivity index (χ1) is 10.8. The zero-order valence-corrected chi connectivity index (χ0v) is 12.4. The molecule has 2 rings (SSSR count). The Hall–Kier alpha value is -2.51. The second kappa shape index (κ2) is 6.31. The van der Waals surface area contributed by atoms with Crippen LogP contribution in [0, 0.1) is 0 Å². The predicted octanol–water partition coefficient (Wildman–Crippen LogP) is 3.53. The van der Waals surface area contributed by atoms with Crippen molar-refractivity contribution in [3.63, 3.8) is 0 Å². The topological polar surface area (TPSA) is 68.7 Å². The van der Waals surface area contributed by atoms with Gasteiger partial charge in [-0.15, -0.1) is 0 Å². The van der Waals surface area contributed by atoms with E-state index in [9.17, 15) is 23.1 Å². The van der Waals surface area contributed by atoms with Crippen LogP contribution < -0.4 is 4.74 Å². The van der Waals surface area contributed by atoms with E-state index in [0.29, 0.717) is 0 Å². The monoisotopic (exact) mass is 329 g/mol. The fourth-order valence-electron chi connectivity index (χ4n) is 2.03. The van der Waals surface area contributed by atoms with Gasteiger partial charge < -0.3 is 14.6 Å². The molecule has 0 aliphatic carbocycles. The Kier molecular flexibility index (Phi) is 4.63. The molecule has 2 aromatic rings. The van der Waals surface area contributed by atoms with Gasteiger partial charge in [0.2, 0.25) is 5.88 Å². The summed E-state index contributed by atoms with van der Waals surface area (Å²) >= 11 is 0. The molecule has 1 aromatic heterocycles. The van der Waals surface area contributed by atoms with Crippen molar-refractivity contribution in [2.24, 2.45) is 0 Å². The molecule has 0 atom stereocenters. The molecule has 0 aliphatic rings. The van der Waals surface area contributed by atoms with Crippen LogP contribution in [0.3, 0.4) is 0 Å². The molecular weight excluding hydrogens is 315 g/mol. The highest BCUT2D eigenvalue weighted by atomic mass is 19.4. The van der Waals surface area contributed by atoms with Crippen LogP contribution in [0.2, 0.25) is 0 Å². The van der Waals surface area contributed by atoms with Crippen LogP contribution in [0.1, 0.15) is 29.8 Å². The van der Waals surface area contributed by atoms with Gasteiger partial charge in [0, 0.05) is 5.39 Å². The molecular formula is C15H14F3NO4. The Morgan fingerprint density at radius 3 is 2.52 bits per heavy atom. The zero-order valence-electron chi connectivity index (χ0n) is 12.4. The van der Waals surface area contributed by atoms with Crippen molar-refractivity contribution in [3.05, 3.63) is 29.3 Å². The van der Waals surface area contributed by atoms with E-state index in [4.69, 9.17) is 9.47 Å². The fraction of sp³-hybridized carbons (Fsp3) is 0.333. The van der Waals surface area contributed by atoms with Crippen LogP contribution in [0.15, 0.2) is 18.2 Å². The minimum atomic E-state index is -4.54. The molecule has 0 amide bonds. The molecule has 0 saturated carbocycles. The number of nitrogens with zero attached hydrogens (tertiary/aromatic N) is 1. The molecule has 5 nitrogen and oxygen atoms in total. The minimum absolute atomic E-state index is 0.00417. The first kappa shape index (κ1) is 16.9. The number of halogens is 3. The molecule has 124 valence electrons. The van der Waals surface area contributed by atoms with Gasteiger partial charge in [-0.25, -0.2) is 9.78 Å². The summed E-state index contributed by atoms with van der Waals surface area (Å²) in [5.74, 6) is -1.65.